The summed E-state index contributed by atoms with van der Waals surface area (Å²) >= 11 is 3.34. The Hall–Kier alpha value is -0.820. The first-order chi connectivity index (χ1) is 5.34. The van der Waals surface area contributed by atoms with E-state index in [1.165, 1.54) is 0 Å². The van der Waals surface area contributed by atoms with E-state index in [2.05, 4.69) is 27.1 Å². The lowest BCUT2D eigenvalue weighted by molar-refractivity contribution is 0.575. The number of hydrogen-bond donors (Lipinski definition) is 0. The Morgan fingerprint density at radius 1 is 1.73 bits per heavy atom. The lowest BCUT2D eigenvalue weighted by Crippen LogP contribution is -1.99. The van der Waals surface area contributed by atoms with Crippen molar-refractivity contribution in [1.29, 1.82) is 5.26 Å². The van der Waals surface area contributed by atoms with Gasteiger partial charge in [-0.1, -0.05) is 0 Å². The van der Waals surface area contributed by atoms with Gasteiger partial charge in [0.2, 0.25) is 0 Å². The highest BCUT2D eigenvalue weighted by Gasteiger charge is 1.96. The summed E-state index contributed by atoms with van der Waals surface area (Å²) in [5.41, 5.74) is 0. The van der Waals surface area contributed by atoms with Crippen LogP contribution in [0.25, 0.3) is 0 Å². The molecule has 1 rings (SSSR count). The minimum Gasteiger partial charge on any atom is -0.258 e. The third-order valence-electron chi connectivity index (χ3n) is 1.32. The molecule has 1 aromatic rings. The average Bonchev–Trinajstić information content (AvgIpc) is 2.37. The maximum atomic E-state index is 8.27. The van der Waals surface area contributed by atoms with Gasteiger partial charge in [-0.15, -0.1) is 0 Å². The van der Waals surface area contributed by atoms with Gasteiger partial charge in [-0.2, -0.15) is 10.4 Å². The van der Waals surface area contributed by atoms with Crippen molar-refractivity contribution in [3.05, 3.63) is 16.9 Å². The number of halogens is 1. The first kappa shape index (κ1) is 8.28. The van der Waals surface area contributed by atoms with Crippen LogP contribution in [0.3, 0.4) is 0 Å². The van der Waals surface area contributed by atoms with Crippen molar-refractivity contribution in [1.82, 2.24) is 9.78 Å². The van der Waals surface area contributed by atoms with E-state index in [0.717, 1.165) is 17.6 Å². The Kier molecular flexibility index (Phi) is 3.12. The lowest BCUT2D eigenvalue weighted by Gasteiger charge is -1.98. The fourth-order valence-corrected chi connectivity index (χ4v) is 1.18. The topological polar surface area (TPSA) is 41.6 Å². The van der Waals surface area contributed by atoms with Gasteiger partial charge in [0.05, 0.1) is 12.3 Å². The van der Waals surface area contributed by atoms with Crippen LogP contribution in [-0.4, -0.2) is 9.78 Å². The van der Waals surface area contributed by atoms with E-state index in [0.29, 0.717) is 6.42 Å². The molecule has 0 aliphatic heterocycles. The molecule has 0 bridgehead atoms. The molecule has 0 unspecified atom stereocenters. The Morgan fingerprint density at radius 2 is 2.55 bits per heavy atom. The Balaban J connectivity index is 2.40. The van der Waals surface area contributed by atoms with Gasteiger partial charge in [0.15, 0.2) is 0 Å². The molecule has 0 N–H and O–H groups in total. The minimum absolute atomic E-state index is 0.590. The van der Waals surface area contributed by atoms with E-state index in [-0.39, 0.29) is 0 Å². The lowest BCUT2D eigenvalue weighted by atomic mass is 10.3. The van der Waals surface area contributed by atoms with E-state index >= 15 is 0 Å². The summed E-state index contributed by atoms with van der Waals surface area (Å²) < 4.78 is 2.80. The standard InChI is InChI=1S/C7H8BrN3/c8-7-3-5-10-11(7)6-2-1-4-9/h3,5H,1-2,6H2. The van der Waals surface area contributed by atoms with Gasteiger partial charge in [0.1, 0.15) is 4.60 Å². The molecular formula is C7H8BrN3. The fraction of sp³-hybridized carbons (Fsp3) is 0.429. The molecule has 0 fully saturated rings. The van der Waals surface area contributed by atoms with Gasteiger partial charge in [-0.3, -0.25) is 4.68 Å². The largest absolute Gasteiger partial charge is 0.258 e. The zero-order valence-corrected chi connectivity index (χ0v) is 7.58. The van der Waals surface area contributed by atoms with Crippen LogP contribution in [0.2, 0.25) is 0 Å². The fourth-order valence-electron chi connectivity index (χ4n) is 0.789. The van der Waals surface area contributed by atoms with E-state index in [1.807, 2.05) is 10.7 Å². The summed E-state index contributed by atoms with van der Waals surface area (Å²) in [7, 11) is 0. The molecule has 0 saturated carbocycles. The third kappa shape index (κ3) is 2.35. The maximum absolute atomic E-state index is 8.27. The normalized spacial score (nSPS) is 9.45. The monoisotopic (exact) mass is 213 g/mol. The number of aryl methyl sites for hydroxylation is 1. The van der Waals surface area contributed by atoms with E-state index < -0.39 is 0 Å². The van der Waals surface area contributed by atoms with Crippen LogP contribution in [0.4, 0.5) is 0 Å². The highest BCUT2D eigenvalue weighted by molar-refractivity contribution is 9.10. The van der Waals surface area contributed by atoms with Crippen LogP contribution in [0.1, 0.15) is 12.8 Å². The first-order valence-corrected chi connectivity index (χ1v) is 4.18. The third-order valence-corrected chi connectivity index (χ3v) is 2.00. The quantitative estimate of drug-likeness (QED) is 0.721. The summed E-state index contributed by atoms with van der Waals surface area (Å²) in [5.74, 6) is 0. The second-order valence-corrected chi connectivity index (χ2v) is 2.95. The van der Waals surface area contributed by atoms with E-state index in [9.17, 15) is 0 Å². The predicted molar refractivity (Wildman–Crippen MR) is 44.8 cm³/mol. The molecule has 0 aliphatic rings. The van der Waals surface area contributed by atoms with Crippen LogP contribution < -0.4 is 0 Å². The zero-order chi connectivity index (χ0) is 8.10. The highest BCUT2D eigenvalue weighted by Crippen LogP contribution is 2.08. The molecule has 0 radical (unpaired) electrons. The van der Waals surface area contributed by atoms with Crippen LogP contribution in [0, 0.1) is 11.3 Å². The number of nitrogens with zero attached hydrogens (tertiary/aromatic N) is 3. The smallest absolute Gasteiger partial charge is 0.104 e. The van der Waals surface area contributed by atoms with Crippen LogP contribution >= 0.6 is 15.9 Å². The van der Waals surface area contributed by atoms with Gasteiger partial charge in [0, 0.05) is 13.0 Å². The summed E-state index contributed by atoms with van der Waals surface area (Å²) in [6.07, 6.45) is 3.18. The van der Waals surface area contributed by atoms with Crippen molar-refractivity contribution in [2.45, 2.75) is 19.4 Å². The van der Waals surface area contributed by atoms with Crippen molar-refractivity contribution in [3.63, 3.8) is 0 Å². The number of nitriles is 1. The molecule has 1 heterocycles. The van der Waals surface area contributed by atoms with Gasteiger partial charge in [-0.05, 0) is 28.4 Å². The summed E-state index contributed by atoms with van der Waals surface area (Å²) in [6, 6.07) is 3.97. The summed E-state index contributed by atoms with van der Waals surface area (Å²) in [6.45, 7) is 0.807. The Bertz CT molecular complexity index is 261. The molecular weight excluding hydrogens is 206 g/mol. The number of hydrogen-bond acceptors (Lipinski definition) is 2. The number of rotatable bonds is 3. The molecule has 3 nitrogen and oxygen atoms in total. The van der Waals surface area contributed by atoms with Gasteiger partial charge >= 0.3 is 0 Å². The van der Waals surface area contributed by atoms with Crippen molar-refractivity contribution in [2.75, 3.05) is 0 Å². The maximum Gasteiger partial charge on any atom is 0.104 e. The second-order valence-electron chi connectivity index (χ2n) is 2.14. The van der Waals surface area contributed by atoms with Crippen LogP contribution in [-0.2, 0) is 6.54 Å². The van der Waals surface area contributed by atoms with E-state index in [4.69, 9.17) is 5.26 Å². The van der Waals surface area contributed by atoms with Gasteiger partial charge in [0.25, 0.3) is 0 Å². The van der Waals surface area contributed by atoms with Crippen LogP contribution in [0.15, 0.2) is 16.9 Å². The predicted octanol–water partition coefficient (Wildman–Crippen LogP) is 1.95. The molecule has 0 spiro atoms. The Morgan fingerprint density at radius 3 is 3.09 bits per heavy atom. The minimum atomic E-state index is 0.590. The summed E-state index contributed by atoms with van der Waals surface area (Å²) in [4.78, 5) is 0. The summed E-state index contributed by atoms with van der Waals surface area (Å²) in [5, 5.41) is 12.3. The molecule has 0 amide bonds. The van der Waals surface area contributed by atoms with Crippen LogP contribution in [0.5, 0.6) is 0 Å². The zero-order valence-electron chi connectivity index (χ0n) is 6.00. The molecule has 11 heavy (non-hydrogen) atoms. The second kappa shape index (κ2) is 4.14. The molecule has 58 valence electrons. The molecule has 0 aromatic carbocycles. The highest BCUT2D eigenvalue weighted by atomic mass is 79.9. The van der Waals surface area contributed by atoms with Gasteiger partial charge < -0.3 is 0 Å². The van der Waals surface area contributed by atoms with E-state index in [1.54, 1.807) is 6.20 Å². The Labute approximate surface area is 73.8 Å². The average molecular weight is 214 g/mol. The van der Waals surface area contributed by atoms with Crippen molar-refractivity contribution in [3.8, 4) is 6.07 Å². The molecule has 0 saturated heterocycles. The van der Waals surface area contributed by atoms with Gasteiger partial charge in [-0.25, -0.2) is 0 Å². The molecule has 1 aromatic heterocycles. The van der Waals surface area contributed by atoms with Crippen molar-refractivity contribution >= 4 is 15.9 Å². The molecule has 4 heteroatoms. The van der Waals surface area contributed by atoms with Crippen molar-refractivity contribution < 1.29 is 0 Å². The molecule has 0 atom stereocenters. The first-order valence-electron chi connectivity index (χ1n) is 3.39. The number of unbranched alkanes of at least 4 members (excludes halogenated alkanes) is 1. The van der Waals surface area contributed by atoms with Crippen molar-refractivity contribution in [2.24, 2.45) is 0 Å². The number of aromatic nitrogens is 2. The SMILES string of the molecule is N#CCCCn1nccc1Br. The molecule has 0 aliphatic carbocycles.